The van der Waals surface area contributed by atoms with Crippen LogP contribution in [0.4, 0.5) is 4.39 Å². The minimum absolute atomic E-state index is 0.336. The van der Waals surface area contributed by atoms with E-state index in [4.69, 9.17) is 5.26 Å². The highest BCUT2D eigenvalue weighted by atomic mass is 19.1. The van der Waals surface area contributed by atoms with Crippen LogP contribution in [0.25, 0.3) is 0 Å². The molecule has 1 aromatic carbocycles. The summed E-state index contributed by atoms with van der Waals surface area (Å²) in [6.45, 7) is 0.650. The lowest BCUT2D eigenvalue weighted by atomic mass is 10.1. The van der Waals surface area contributed by atoms with Gasteiger partial charge in [0.05, 0.1) is 11.6 Å². The van der Waals surface area contributed by atoms with E-state index in [1.165, 1.54) is 25.0 Å². The molecule has 0 aliphatic heterocycles. The van der Waals surface area contributed by atoms with Crippen molar-refractivity contribution < 1.29 is 4.39 Å². The summed E-state index contributed by atoms with van der Waals surface area (Å²) < 4.78 is 13.0. The first-order chi connectivity index (χ1) is 6.78. The Morgan fingerprint density at radius 3 is 2.86 bits per heavy atom. The lowest BCUT2D eigenvalue weighted by molar-refractivity contribution is 0.619. The first kappa shape index (κ1) is 9.17. The molecule has 1 aromatic rings. The summed E-state index contributed by atoms with van der Waals surface area (Å²) in [4.78, 5) is 0. The van der Waals surface area contributed by atoms with Crippen molar-refractivity contribution in [2.45, 2.75) is 25.4 Å². The molecule has 1 aliphatic carbocycles. The van der Waals surface area contributed by atoms with E-state index in [1.54, 1.807) is 6.07 Å². The first-order valence-corrected chi connectivity index (χ1v) is 4.71. The molecule has 0 heterocycles. The first-order valence-electron chi connectivity index (χ1n) is 4.71. The van der Waals surface area contributed by atoms with Crippen molar-refractivity contribution >= 4 is 0 Å². The van der Waals surface area contributed by atoms with Crippen LogP contribution < -0.4 is 5.32 Å². The molecular weight excluding hydrogens is 179 g/mol. The number of nitriles is 1. The van der Waals surface area contributed by atoms with Gasteiger partial charge in [0.2, 0.25) is 0 Å². The third-order valence-corrected chi connectivity index (χ3v) is 2.26. The van der Waals surface area contributed by atoms with Crippen LogP contribution in [0.3, 0.4) is 0 Å². The fourth-order valence-electron chi connectivity index (χ4n) is 1.37. The van der Waals surface area contributed by atoms with Crippen LogP contribution in [0, 0.1) is 17.1 Å². The molecule has 0 radical (unpaired) electrons. The molecule has 0 spiro atoms. The predicted molar refractivity (Wildman–Crippen MR) is 51.0 cm³/mol. The zero-order valence-corrected chi connectivity index (χ0v) is 7.76. The molecule has 1 N–H and O–H groups in total. The Morgan fingerprint density at radius 2 is 2.21 bits per heavy atom. The Kier molecular flexibility index (Phi) is 2.47. The molecule has 3 heteroatoms. The summed E-state index contributed by atoms with van der Waals surface area (Å²) in [5, 5.41) is 11.9. The highest BCUT2D eigenvalue weighted by Crippen LogP contribution is 2.19. The van der Waals surface area contributed by atoms with Gasteiger partial charge < -0.3 is 5.32 Å². The number of benzene rings is 1. The summed E-state index contributed by atoms with van der Waals surface area (Å²) in [5.74, 6) is -0.336. The minimum atomic E-state index is -0.336. The van der Waals surface area contributed by atoms with Gasteiger partial charge in [-0.2, -0.15) is 5.26 Å². The molecule has 0 amide bonds. The van der Waals surface area contributed by atoms with Crippen molar-refractivity contribution in [2.75, 3.05) is 0 Å². The Balaban J connectivity index is 2.07. The van der Waals surface area contributed by atoms with E-state index in [1.807, 2.05) is 6.07 Å². The highest BCUT2D eigenvalue weighted by molar-refractivity contribution is 5.33. The number of nitrogens with zero attached hydrogens (tertiary/aromatic N) is 1. The van der Waals surface area contributed by atoms with Crippen LogP contribution in [-0.4, -0.2) is 6.04 Å². The van der Waals surface area contributed by atoms with Crippen LogP contribution in [0.15, 0.2) is 18.2 Å². The van der Waals surface area contributed by atoms with Gasteiger partial charge in [-0.05, 0) is 36.6 Å². The summed E-state index contributed by atoms with van der Waals surface area (Å²) in [6, 6.07) is 6.98. The summed E-state index contributed by atoms with van der Waals surface area (Å²) in [5.41, 5.74) is 1.23. The van der Waals surface area contributed by atoms with Gasteiger partial charge in [-0.3, -0.25) is 0 Å². The van der Waals surface area contributed by atoms with Crippen molar-refractivity contribution in [3.63, 3.8) is 0 Å². The topological polar surface area (TPSA) is 35.8 Å². The largest absolute Gasteiger partial charge is 0.310 e. The molecule has 1 fully saturated rings. The van der Waals surface area contributed by atoms with Gasteiger partial charge in [-0.25, -0.2) is 4.39 Å². The van der Waals surface area contributed by atoms with Crippen molar-refractivity contribution in [3.05, 3.63) is 35.1 Å². The van der Waals surface area contributed by atoms with Gasteiger partial charge in [0, 0.05) is 12.6 Å². The molecule has 14 heavy (non-hydrogen) atoms. The van der Waals surface area contributed by atoms with E-state index < -0.39 is 0 Å². The second-order valence-electron chi connectivity index (χ2n) is 3.62. The van der Waals surface area contributed by atoms with Gasteiger partial charge in [-0.1, -0.05) is 0 Å². The van der Waals surface area contributed by atoms with Crippen LogP contribution in [0.1, 0.15) is 24.0 Å². The van der Waals surface area contributed by atoms with Gasteiger partial charge >= 0.3 is 0 Å². The van der Waals surface area contributed by atoms with Gasteiger partial charge in [0.15, 0.2) is 0 Å². The number of halogens is 1. The maximum atomic E-state index is 13.0. The standard InChI is InChI=1S/C11H11FN2/c12-10-4-8(6-13)3-9(5-10)7-14-11-1-2-11/h3-5,11,14H,1-2,7H2. The Bertz CT molecular complexity index is 377. The monoisotopic (exact) mass is 190 g/mol. The fraction of sp³-hybridized carbons (Fsp3) is 0.364. The maximum Gasteiger partial charge on any atom is 0.124 e. The fourth-order valence-corrected chi connectivity index (χ4v) is 1.37. The molecular formula is C11H11FN2. The zero-order chi connectivity index (χ0) is 9.97. The molecule has 1 aliphatic rings. The highest BCUT2D eigenvalue weighted by Gasteiger charge is 2.19. The summed E-state index contributed by atoms with van der Waals surface area (Å²) in [7, 11) is 0. The number of rotatable bonds is 3. The van der Waals surface area contributed by atoms with E-state index in [-0.39, 0.29) is 5.82 Å². The molecule has 0 bridgehead atoms. The summed E-state index contributed by atoms with van der Waals surface area (Å²) in [6.07, 6.45) is 2.42. The lowest BCUT2D eigenvalue weighted by Gasteiger charge is -2.03. The van der Waals surface area contributed by atoms with Gasteiger partial charge in [0.1, 0.15) is 5.82 Å². The molecule has 72 valence electrons. The van der Waals surface area contributed by atoms with Crippen LogP contribution in [0.2, 0.25) is 0 Å². The third-order valence-electron chi connectivity index (χ3n) is 2.26. The van der Waals surface area contributed by atoms with E-state index in [0.29, 0.717) is 18.2 Å². The molecule has 0 aromatic heterocycles. The van der Waals surface area contributed by atoms with Crippen LogP contribution >= 0.6 is 0 Å². The quantitative estimate of drug-likeness (QED) is 0.790. The lowest BCUT2D eigenvalue weighted by Crippen LogP contribution is -2.15. The maximum absolute atomic E-state index is 13.0. The van der Waals surface area contributed by atoms with E-state index >= 15 is 0 Å². The SMILES string of the molecule is N#Cc1cc(F)cc(CNC2CC2)c1. The van der Waals surface area contributed by atoms with Crippen molar-refractivity contribution in [1.82, 2.24) is 5.32 Å². The number of hydrogen-bond acceptors (Lipinski definition) is 2. The molecule has 1 saturated carbocycles. The average Bonchev–Trinajstić information content (AvgIpc) is 2.97. The van der Waals surface area contributed by atoms with Crippen LogP contribution in [0.5, 0.6) is 0 Å². The predicted octanol–water partition coefficient (Wildman–Crippen LogP) is 1.95. The second kappa shape index (κ2) is 3.77. The Hall–Kier alpha value is -1.40. The minimum Gasteiger partial charge on any atom is -0.310 e. The van der Waals surface area contributed by atoms with Crippen LogP contribution in [-0.2, 0) is 6.54 Å². The number of hydrogen-bond donors (Lipinski definition) is 1. The number of nitrogens with one attached hydrogen (secondary N) is 1. The van der Waals surface area contributed by atoms with Crippen molar-refractivity contribution in [2.24, 2.45) is 0 Å². The third kappa shape index (κ3) is 2.30. The average molecular weight is 190 g/mol. The molecule has 0 atom stereocenters. The van der Waals surface area contributed by atoms with E-state index in [2.05, 4.69) is 5.32 Å². The zero-order valence-electron chi connectivity index (χ0n) is 7.76. The Morgan fingerprint density at radius 1 is 1.43 bits per heavy atom. The molecule has 0 unspecified atom stereocenters. The Labute approximate surface area is 82.4 Å². The smallest absolute Gasteiger partial charge is 0.124 e. The summed E-state index contributed by atoms with van der Waals surface area (Å²) >= 11 is 0. The normalized spacial score (nSPS) is 15.1. The molecule has 2 nitrogen and oxygen atoms in total. The molecule has 2 rings (SSSR count). The van der Waals surface area contributed by atoms with E-state index in [9.17, 15) is 4.39 Å². The van der Waals surface area contributed by atoms with Gasteiger partial charge in [-0.15, -0.1) is 0 Å². The molecule has 0 saturated heterocycles. The van der Waals surface area contributed by atoms with Crippen molar-refractivity contribution in [1.29, 1.82) is 5.26 Å². The van der Waals surface area contributed by atoms with Crippen molar-refractivity contribution in [3.8, 4) is 6.07 Å². The van der Waals surface area contributed by atoms with Gasteiger partial charge in [0.25, 0.3) is 0 Å². The second-order valence-corrected chi connectivity index (χ2v) is 3.62. The van der Waals surface area contributed by atoms with E-state index in [0.717, 1.165) is 5.56 Å².